The van der Waals surface area contributed by atoms with E-state index in [1.165, 1.54) is 91.0 Å². The fourth-order valence-electron chi connectivity index (χ4n) is 6.98. The lowest BCUT2D eigenvalue weighted by atomic mass is 10.3. The normalized spacial score (nSPS) is 10.9. The van der Waals surface area contributed by atoms with Crippen LogP contribution in [-0.2, 0) is 32.7 Å². The summed E-state index contributed by atoms with van der Waals surface area (Å²) in [5.41, 5.74) is 0.0654. The van der Waals surface area contributed by atoms with Gasteiger partial charge in [-0.2, -0.15) is 0 Å². The molecule has 4 nitrogen and oxygen atoms in total. The second-order valence-electron chi connectivity index (χ2n) is 14.9. The molecule has 0 heterocycles. The zero-order chi connectivity index (χ0) is 53.2. The van der Waals surface area contributed by atoms with E-state index in [1.54, 1.807) is 12.1 Å². The van der Waals surface area contributed by atoms with E-state index in [0.717, 1.165) is 84.9 Å². The number of non-ortho nitro benzene ring substituents is 1. The molecule has 0 aromatic heterocycles. The molecule has 0 N–H and O–H groups in total. The number of nitro groups is 1. The second kappa shape index (κ2) is 24.2. The molecule has 372 valence electrons. The summed E-state index contributed by atoms with van der Waals surface area (Å²) in [4.78, 5) is 11.7. The van der Waals surface area contributed by atoms with Gasteiger partial charge in [0.2, 0.25) is 34.3 Å². The van der Waals surface area contributed by atoms with E-state index in [0.29, 0.717) is 10.6 Å². The van der Waals surface area contributed by atoms with Crippen molar-refractivity contribution in [2.24, 2.45) is 0 Å². The first kappa shape index (κ1) is 53.9. The van der Waals surface area contributed by atoms with Gasteiger partial charge < -0.3 is 0 Å². The third-order valence-electron chi connectivity index (χ3n) is 10.2. The largest absolute Gasteiger partial charge is 0.269 e. The van der Waals surface area contributed by atoms with Gasteiger partial charge in [0.25, 0.3) is 5.69 Å². The Bertz CT molecular complexity index is 3280. The Morgan fingerprint density at radius 2 is 0.568 bits per heavy atom. The molecule has 0 fully saturated rings. The van der Waals surface area contributed by atoms with Crippen molar-refractivity contribution in [2.75, 3.05) is 0 Å². The third-order valence-corrected chi connectivity index (χ3v) is 17.2. The average Bonchev–Trinajstić information content (AvgIpc) is 3.37. The van der Waals surface area contributed by atoms with Crippen LogP contribution in [0.1, 0.15) is 0 Å². The number of hydrogen-bond donors (Lipinski definition) is 0. The fourth-order valence-corrected chi connectivity index (χ4v) is 13.4. The molecule has 0 atom stereocenters. The highest BCUT2D eigenvalue weighted by atomic mass is 32.2. The van der Waals surface area contributed by atoms with Crippen molar-refractivity contribution in [2.45, 2.75) is 44.1 Å². The van der Waals surface area contributed by atoms with E-state index in [4.69, 9.17) is 6.57 Å². The van der Waals surface area contributed by atoms with Crippen molar-refractivity contribution >= 4 is 44.1 Å². The van der Waals surface area contributed by atoms with E-state index in [2.05, 4.69) is 4.85 Å². The second-order valence-corrected chi connectivity index (χ2v) is 20.6. The van der Waals surface area contributed by atoms with Crippen LogP contribution in [0.5, 0.6) is 0 Å². The molecule has 0 aliphatic heterocycles. The summed E-state index contributed by atoms with van der Waals surface area (Å²) in [6.45, 7) is 6.97. The van der Waals surface area contributed by atoms with Crippen molar-refractivity contribution in [3.63, 3.8) is 0 Å². The summed E-state index contributed by atoms with van der Waals surface area (Å²) in [5.74, 6) is -10.4. The number of benzene rings is 9. The number of halogens is 12. The molecule has 9 aromatic rings. The Morgan fingerprint density at radius 3 is 0.824 bits per heavy atom. The Kier molecular flexibility index (Phi) is 17.6. The molecule has 0 saturated heterocycles. The zero-order valence-electron chi connectivity index (χ0n) is 37.4. The van der Waals surface area contributed by atoms with Gasteiger partial charge in [0.1, 0.15) is 32.7 Å². The van der Waals surface area contributed by atoms with Crippen LogP contribution in [0.3, 0.4) is 0 Å². The van der Waals surface area contributed by atoms with Gasteiger partial charge in [0.05, 0.1) is 11.5 Å². The van der Waals surface area contributed by atoms with E-state index in [-0.39, 0.29) is 25.3 Å². The lowest BCUT2D eigenvalue weighted by Crippen LogP contribution is -2.13. The first-order valence-corrected chi connectivity index (χ1v) is 24.8. The number of nitro benzene ring substituents is 1. The zero-order valence-corrected chi connectivity index (χ0v) is 39.8. The predicted octanol–water partition coefficient (Wildman–Crippen LogP) is 16.5. The molecule has 0 aliphatic carbocycles. The van der Waals surface area contributed by atoms with Crippen LogP contribution < -0.4 is 0 Å². The molecular formula is C55H31F12N2O2S3+3. The summed E-state index contributed by atoms with van der Waals surface area (Å²) in [7, 11) is -5.04. The summed E-state index contributed by atoms with van der Waals surface area (Å²) in [6.07, 6.45) is 0. The highest BCUT2D eigenvalue weighted by molar-refractivity contribution is 7.97. The Morgan fingerprint density at radius 1 is 0.324 bits per heavy atom. The first-order chi connectivity index (χ1) is 35.5. The summed E-state index contributed by atoms with van der Waals surface area (Å²) >= 11 is 0. The van der Waals surface area contributed by atoms with Gasteiger partial charge in [-0.3, -0.25) is 10.1 Å². The van der Waals surface area contributed by atoms with Gasteiger partial charge in [-0.1, -0.05) is 66.7 Å². The molecule has 0 aliphatic rings. The molecule has 9 aromatic carbocycles. The minimum Gasteiger partial charge on any atom is -0.258 e. The van der Waals surface area contributed by atoms with Gasteiger partial charge in [-0.15, -0.1) is 0 Å². The minimum absolute atomic E-state index is 0.0431. The maximum atomic E-state index is 14.4. The lowest BCUT2D eigenvalue weighted by molar-refractivity contribution is -0.384. The maximum Gasteiger partial charge on any atom is 0.269 e. The van der Waals surface area contributed by atoms with Gasteiger partial charge in [-0.25, -0.2) is 57.5 Å². The van der Waals surface area contributed by atoms with Crippen molar-refractivity contribution < 1.29 is 57.6 Å². The molecule has 0 radical (unpaired) electrons. The predicted molar refractivity (Wildman–Crippen MR) is 257 cm³/mol. The highest BCUT2D eigenvalue weighted by Crippen LogP contribution is 2.40. The maximum absolute atomic E-state index is 14.4. The monoisotopic (exact) mass is 1080 g/mol. The Balaban J connectivity index is 0.000000162. The molecule has 74 heavy (non-hydrogen) atoms. The van der Waals surface area contributed by atoms with E-state index < -0.39 is 127 Å². The highest BCUT2D eigenvalue weighted by Gasteiger charge is 2.42. The standard InChI is InChI=1S/C19H10F4NS.C18H10F4NO2S.C18H11F4S/c1-24-12-8-10-13(11-9-12)25(18-14(20)4-2-5-15(18)21)19-16(22)6-3-7-17(19)23;19-13-3-1-4-14(20)17(13)26(18-15(21)5-2-6-16(18)22)12-9-7-11(8-10-12)23(24)25;19-12-6-1-3-10-16(12)23(17-11-4-2-7-13(17)20)18-14(21)8-5-9-15(18)22/h2-11H;1-10H;1-11H/q3*+1. The molecule has 19 heteroatoms. The third kappa shape index (κ3) is 11.9. The average molecular weight is 1080 g/mol. The van der Waals surface area contributed by atoms with E-state index in [1.807, 2.05) is 0 Å². The summed E-state index contributed by atoms with van der Waals surface area (Å²) < 4.78 is 172. The van der Waals surface area contributed by atoms with Crippen LogP contribution in [0.4, 0.5) is 64.1 Å². The molecule has 9 rings (SSSR count). The van der Waals surface area contributed by atoms with Gasteiger partial charge in [0, 0.05) is 24.3 Å². The Labute approximate surface area is 423 Å². The number of hydrogen-bond acceptors (Lipinski definition) is 2. The topological polar surface area (TPSA) is 47.5 Å². The van der Waals surface area contributed by atoms with Crippen LogP contribution in [0, 0.1) is 86.5 Å². The molecule has 0 amide bonds. The van der Waals surface area contributed by atoms with Crippen molar-refractivity contribution in [3.05, 3.63) is 279 Å². The number of nitrogens with zero attached hydrogens (tertiary/aromatic N) is 2. The minimum atomic E-state index is -1.81. The number of rotatable bonds is 10. The first-order valence-electron chi connectivity index (χ1n) is 21.2. The van der Waals surface area contributed by atoms with E-state index >= 15 is 0 Å². The van der Waals surface area contributed by atoms with Gasteiger partial charge >= 0.3 is 0 Å². The molecule has 0 spiro atoms. The van der Waals surface area contributed by atoms with Crippen molar-refractivity contribution in [3.8, 4) is 0 Å². The quantitative estimate of drug-likeness (QED) is 0.0450. The SMILES string of the molecule is Fc1ccccc1[S+](c1ccccc1F)c1c(F)cccc1F.O=[N+]([O-])c1ccc([S+](c2c(F)cccc2F)c2c(F)cccc2F)cc1.[C-]#[N+]c1ccc([S+](c2c(F)cccc2F)c2c(F)cccc2F)cc1. The Hall–Kier alpha value is -7.92. The van der Waals surface area contributed by atoms with Crippen LogP contribution >= 0.6 is 0 Å². The van der Waals surface area contributed by atoms with Crippen LogP contribution in [0.15, 0.2) is 232 Å². The van der Waals surface area contributed by atoms with Crippen LogP contribution in [0.25, 0.3) is 4.85 Å². The van der Waals surface area contributed by atoms with Crippen LogP contribution in [0.2, 0.25) is 0 Å². The summed E-state index contributed by atoms with van der Waals surface area (Å²) in [6, 6.07) is 37.9. The fraction of sp³-hybridized carbons (Fsp3) is 0. The summed E-state index contributed by atoms with van der Waals surface area (Å²) in [5, 5.41) is 10.8. The van der Waals surface area contributed by atoms with Gasteiger partial charge in [0.15, 0.2) is 85.3 Å². The van der Waals surface area contributed by atoms with Crippen molar-refractivity contribution in [1.82, 2.24) is 0 Å². The molecular weight excluding hydrogens is 1040 g/mol. The molecule has 0 bridgehead atoms. The lowest BCUT2D eigenvalue weighted by Gasteiger charge is -2.11. The molecule has 0 unspecified atom stereocenters. The van der Waals surface area contributed by atoms with Gasteiger partial charge in [-0.05, 0) is 97.1 Å². The van der Waals surface area contributed by atoms with E-state index in [9.17, 15) is 62.8 Å². The smallest absolute Gasteiger partial charge is 0.258 e. The van der Waals surface area contributed by atoms with Crippen molar-refractivity contribution in [1.29, 1.82) is 0 Å². The molecule has 0 saturated carbocycles. The van der Waals surface area contributed by atoms with Crippen LogP contribution in [-0.4, -0.2) is 4.92 Å².